The van der Waals surface area contributed by atoms with E-state index < -0.39 is 0 Å². The fraction of sp³-hybridized carbons (Fsp3) is 0.222. The molecule has 1 rings (SSSR count). The molecule has 0 aliphatic carbocycles. The number of carbonyl (C=O) groups is 1. The summed E-state index contributed by atoms with van der Waals surface area (Å²) in [6, 6.07) is 7.41. The van der Waals surface area contributed by atoms with E-state index in [-0.39, 0.29) is 15.0 Å². The third kappa shape index (κ3) is 2.98. The summed E-state index contributed by atoms with van der Waals surface area (Å²) >= 11 is 5.81. The number of hydrogen-bond acceptors (Lipinski definition) is 1. The molecule has 1 nitrogen and oxygen atoms in total. The molecule has 0 atom stereocenters. The Morgan fingerprint density at radius 1 is 1.42 bits per heavy atom. The van der Waals surface area contributed by atoms with Gasteiger partial charge in [0.25, 0.3) is 0 Å². The molecule has 3 heteroatoms. The van der Waals surface area contributed by atoms with Crippen molar-refractivity contribution in [3.8, 4) is 0 Å². The van der Waals surface area contributed by atoms with Gasteiger partial charge in [0.2, 0.25) is 0 Å². The zero-order valence-corrected chi connectivity index (χ0v) is 9.18. The standard InChI is InChI=1S/C9H9ClOSe/c1-12-9(11)6-7-2-4-8(10)5-3-7/h2-5H,6H2,1H3. The minimum atomic E-state index is 0.111. The molecule has 0 aromatic heterocycles. The van der Waals surface area contributed by atoms with Gasteiger partial charge < -0.3 is 0 Å². The molecule has 12 heavy (non-hydrogen) atoms. The molecule has 0 spiro atoms. The first kappa shape index (κ1) is 9.78. The van der Waals surface area contributed by atoms with E-state index in [0.29, 0.717) is 16.1 Å². The van der Waals surface area contributed by atoms with E-state index in [0.717, 1.165) is 5.56 Å². The van der Waals surface area contributed by atoms with E-state index in [1.807, 2.05) is 30.1 Å². The van der Waals surface area contributed by atoms with E-state index >= 15 is 0 Å². The first-order chi connectivity index (χ1) is 5.72. The molecule has 0 N–H and O–H groups in total. The van der Waals surface area contributed by atoms with Crippen LogP contribution in [0.4, 0.5) is 0 Å². The van der Waals surface area contributed by atoms with Gasteiger partial charge in [-0.25, -0.2) is 0 Å². The van der Waals surface area contributed by atoms with Crippen LogP contribution in [0.25, 0.3) is 0 Å². The van der Waals surface area contributed by atoms with E-state index in [2.05, 4.69) is 0 Å². The van der Waals surface area contributed by atoms with Crippen molar-refractivity contribution in [1.82, 2.24) is 0 Å². The second-order valence-corrected chi connectivity index (χ2v) is 4.63. The fourth-order valence-corrected chi connectivity index (χ4v) is 1.62. The van der Waals surface area contributed by atoms with Crippen molar-refractivity contribution in [2.24, 2.45) is 0 Å². The van der Waals surface area contributed by atoms with Crippen LogP contribution in [0.5, 0.6) is 0 Å². The molecule has 0 saturated heterocycles. The van der Waals surface area contributed by atoms with E-state index in [4.69, 9.17) is 11.6 Å². The van der Waals surface area contributed by atoms with Crippen molar-refractivity contribution < 1.29 is 4.79 Å². The Hall–Kier alpha value is -0.301. The van der Waals surface area contributed by atoms with Crippen molar-refractivity contribution >= 4 is 31.2 Å². The molecule has 1 aromatic carbocycles. The Morgan fingerprint density at radius 3 is 2.50 bits per heavy atom. The zero-order valence-electron chi connectivity index (χ0n) is 6.71. The Morgan fingerprint density at radius 2 is 2.00 bits per heavy atom. The van der Waals surface area contributed by atoms with Gasteiger partial charge in [-0.2, -0.15) is 0 Å². The summed E-state index contributed by atoms with van der Waals surface area (Å²) in [5, 5.41) is 0.716. The van der Waals surface area contributed by atoms with E-state index in [1.165, 1.54) is 0 Å². The maximum atomic E-state index is 11.1. The summed E-state index contributed by atoms with van der Waals surface area (Å²) in [6.45, 7) is 0. The number of rotatable bonds is 3. The first-order valence-corrected chi connectivity index (χ1v) is 6.48. The molecular weight excluding hydrogens is 239 g/mol. The van der Waals surface area contributed by atoms with Gasteiger partial charge in [-0.3, -0.25) is 0 Å². The van der Waals surface area contributed by atoms with Gasteiger partial charge in [-0.1, -0.05) is 0 Å². The molecule has 0 amide bonds. The van der Waals surface area contributed by atoms with Crippen LogP contribution >= 0.6 is 11.6 Å². The SMILES string of the molecule is C[Se]C(=O)Cc1ccc(Cl)cc1. The van der Waals surface area contributed by atoms with Crippen LogP contribution in [0, 0.1) is 0 Å². The second kappa shape index (κ2) is 4.66. The molecule has 0 aliphatic rings. The Kier molecular flexibility index (Phi) is 3.80. The van der Waals surface area contributed by atoms with Crippen molar-refractivity contribution in [2.45, 2.75) is 12.2 Å². The average molecular weight is 248 g/mol. The summed E-state index contributed by atoms with van der Waals surface area (Å²) < 4.78 is 0.324. The molecule has 0 bridgehead atoms. The van der Waals surface area contributed by atoms with Gasteiger partial charge in [0, 0.05) is 0 Å². The fourth-order valence-electron chi connectivity index (χ4n) is 0.841. The van der Waals surface area contributed by atoms with Gasteiger partial charge in [0.05, 0.1) is 0 Å². The van der Waals surface area contributed by atoms with Crippen LogP contribution in [0.15, 0.2) is 24.3 Å². The van der Waals surface area contributed by atoms with Crippen LogP contribution in [0.3, 0.4) is 0 Å². The Balaban J connectivity index is 2.64. The summed E-state index contributed by atoms with van der Waals surface area (Å²) in [6.07, 6.45) is 0.549. The molecule has 0 heterocycles. The maximum absolute atomic E-state index is 11.1. The van der Waals surface area contributed by atoms with Gasteiger partial charge >= 0.3 is 83.1 Å². The van der Waals surface area contributed by atoms with Gasteiger partial charge in [0.15, 0.2) is 0 Å². The number of hydrogen-bond donors (Lipinski definition) is 0. The molecule has 0 radical (unpaired) electrons. The third-order valence-corrected chi connectivity index (χ3v) is 3.00. The predicted octanol–water partition coefficient (Wildman–Crippen LogP) is 2.16. The number of halogens is 1. The summed E-state index contributed by atoms with van der Waals surface area (Å²) in [7, 11) is 0. The van der Waals surface area contributed by atoms with Crippen LogP contribution in [0.1, 0.15) is 5.56 Å². The summed E-state index contributed by atoms with van der Waals surface area (Å²) in [4.78, 5) is 11.1. The van der Waals surface area contributed by atoms with Gasteiger partial charge in [-0.05, 0) is 0 Å². The van der Waals surface area contributed by atoms with Crippen molar-refractivity contribution in [3.63, 3.8) is 0 Å². The van der Waals surface area contributed by atoms with Gasteiger partial charge in [-0.15, -0.1) is 0 Å². The Labute approximate surface area is 83.3 Å². The molecule has 0 unspecified atom stereocenters. The van der Waals surface area contributed by atoms with Crippen LogP contribution in [-0.4, -0.2) is 19.6 Å². The molecule has 0 fully saturated rings. The zero-order chi connectivity index (χ0) is 8.97. The third-order valence-electron chi connectivity index (χ3n) is 1.49. The van der Waals surface area contributed by atoms with Crippen LogP contribution in [-0.2, 0) is 11.2 Å². The molecule has 64 valence electrons. The second-order valence-electron chi connectivity index (χ2n) is 2.38. The van der Waals surface area contributed by atoms with Crippen LogP contribution in [0.2, 0.25) is 10.8 Å². The number of carbonyl (C=O) groups excluding carboxylic acids is 1. The summed E-state index contributed by atoms with van der Waals surface area (Å²) in [5.74, 6) is 1.94. The molecule has 0 saturated carbocycles. The van der Waals surface area contributed by atoms with Gasteiger partial charge in [0.1, 0.15) is 0 Å². The average Bonchev–Trinajstić information content (AvgIpc) is 2.09. The molecule has 0 aliphatic heterocycles. The van der Waals surface area contributed by atoms with E-state index in [1.54, 1.807) is 0 Å². The monoisotopic (exact) mass is 248 g/mol. The van der Waals surface area contributed by atoms with E-state index in [9.17, 15) is 4.79 Å². The number of benzene rings is 1. The summed E-state index contributed by atoms with van der Waals surface area (Å²) in [5.41, 5.74) is 1.05. The first-order valence-electron chi connectivity index (χ1n) is 3.53. The molecule has 1 aromatic rings. The van der Waals surface area contributed by atoms with Crippen molar-refractivity contribution in [1.29, 1.82) is 0 Å². The Bertz CT molecular complexity index is 268. The van der Waals surface area contributed by atoms with Crippen molar-refractivity contribution in [2.75, 3.05) is 0 Å². The van der Waals surface area contributed by atoms with Crippen molar-refractivity contribution in [3.05, 3.63) is 34.9 Å². The molecular formula is C9H9ClOSe. The topological polar surface area (TPSA) is 17.1 Å². The normalized spacial score (nSPS) is 9.83. The minimum absolute atomic E-state index is 0.111. The predicted molar refractivity (Wildman–Crippen MR) is 51.8 cm³/mol. The quantitative estimate of drug-likeness (QED) is 0.748. The van der Waals surface area contributed by atoms with Crippen LogP contribution < -0.4 is 0 Å².